The summed E-state index contributed by atoms with van der Waals surface area (Å²) in [6.07, 6.45) is -0.483. The number of aliphatic hydroxyl groups excluding tert-OH is 1. The van der Waals surface area contributed by atoms with Crippen molar-refractivity contribution in [2.45, 2.75) is 13.0 Å². The highest BCUT2D eigenvalue weighted by atomic mass is 16.3. The first-order chi connectivity index (χ1) is 3.72. The summed E-state index contributed by atoms with van der Waals surface area (Å²) in [5, 5.41) is 11.3. The van der Waals surface area contributed by atoms with Crippen LogP contribution in [0.25, 0.3) is 0 Å². The number of carbonyl (C=O) groups excluding carboxylic acids is 1. The molecule has 8 heavy (non-hydrogen) atoms. The molecule has 0 bridgehead atoms. The van der Waals surface area contributed by atoms with E-state index in [1.165, 1.54) is 0 Å². The van der Waals surface area contributed by atoms with Crippen LogP contribution >= 0.6 is 0 Å². The van der Waals surface area contributed by atoms with Crippen LogP contribution in [0.1, 0.15) is 6.92 Å². The van der Waals surface area contributed by atoms with Gasteiger partial charge in [0.05, 0.1) is 12.0 Å². The Morgan fingerprint density at radius 1 is 2.00 bits per heavy atom. The lowest BCUT2D eigenvalue weighted by Gasteiger charge is -2.27. The molecule has 0 saturated carbocycles. The van der Waals surface area contributed by atoms with Gasteiger partial charge in [0.2, 0.25) is 5.91 Å². The molecule has 0 spiro atoms. The summed E-state index contributed by atoms with van der Waals surface area (Å²) in [6, 6.07) is 0. The molecule has 0 aromatic carbocycles. The molecule has 0 radical (unpaired) electrons. The zero-order valence-electron chi connectivity index (χ0n) is 4.72. The van der Waals surface area contributed by atoms with Gasteiger partial charge in [0, 0.05) is 6.54 Å². The van der Waals surface area contributed by atoms with E-state index in [9.17, 15) is 4.79 Å². The van der Waals surface area contributed by atoms with Gasteiger partial charge in [-0.05, 0) is 6.92 Å². The summed E-state index contributed by atoms with van der Waals surface area (Å²) < 4.78 is 0. The third kappa shape index (κ3) is 0.690. The molecule has 2 atom stereocenters. The van der Waals surface area contributed by atoms with Gasteiger partial charge in [0.15, 0.2) is 0 Å². The predicted octanol–water partition coefficient (Wildman–Crippen LogP) is -0.887. The maximum atomic E-state index is 10.4. The van der Waals surface area contributed by atoms with Crippen LogP contribution in [-0.4, -0.2) is 23.7 Å². The average molecular weight is 115 g/mol. The second kappa shape index (κ2) is 1.74. The Morgan fingerprint density at radius 3 is 2.62 bits per heavy atom. The second-order valence-corrected chi connectivity index (χ2v) is 2.09. The normalized spacial score (nSPS) is 30.8. The van der Waals surface area contributed by atoms with Crippen molar-refractivity contribution < 1.29 is 9.90 Å². The van der Waals surface area contributed by atoms with E-state index in [1.54, 1.807) is 6.92 Å². The molecule has 1 amide bonds. The predicted molar refractivity (Wildman–Crippen MR) is 28.2 cm³/mol. The molecule has 0 aliphatic carbocycles. The van der Waals surface area contributed by atoms with Crippen LogP contribution in [-0.2, 0) is 4.79 Å². The first kappa shape index (κ1) is 5.56. The molecule has 1 saturated heterocycles. The van der Waals surface area contributed by atoms with Crippen LogP contribution in [0.15, 0.2) is 0 Å². The van der Waals surface area contributed by atoms with Crippen LogP contribution in [0.3, 0.4) is 0 Å². The minimum absolute atomic E-state index is 0.0278. The van der Waals surface area contributed by atoms with Gasteiger partial charge in [-0.2, -0.15) is 0 Å². The van der Waals surface area contributed by atoms with E-state index in [4.69, 9.17) is 5.11 Å². The maximum Gasteiger partial charge on any atom is 0.227 e. The van der Waals surface area contributed by atoms with Crippen molar-refractivity contribution in [2.75, 3.05) is 6.54 Å². The summed E-state index contributed by atoms with van der Waals surface area (Å²) in [5.41, 5.74) is 0. The van der Waals surface area contributed by atoms with Gasteiger partial charge in [0.25, 0.3) is 0 Å². The van der Waals surface area contributed by atoms with E-state index in [2.05, 4.69) is 5.32 Å². The van der Waals surface area contributed by atoms with Crippen molar-refractivity contribution in [2.24, 2.45) is 5.92 Å². The molecule has 1 heterocycles. The molecule has 1 aliphatic rings. The number of rotatable bonds is 1. The van der Waals surface area contributed by atoms with Gasteiger partial charge in [-0.1, -0.05) is 0 Å². The smallest absolute Gasteiger partial charge is 0.227 e. The number of aliphatic hydroxyl groups is 1. The van der Waals surface area contributed by atoms with E-state index in [0.717, 1.165) is 0 Å². The third-order valence-electron chi connectivity index (χ3n) is 1.42. The van der Waals surface area contributed by atoms with Crippen molar-refractivity contribution in [1.29, 1.82) is 0 Å². The molecule has 2 N–H and O–H groups in total. The highest BCUT2D eigenvalue weighted by Crippen LogP contribution is 2.09. The molecule has 1 rings (SSSR count). The largest absolute Gasteiger partial charge is 0.393 e. The van der Waals surface area contributed by atoms with Gasteiger partial charge in [-0.25, -0.2) is 0 Å². The molecule has 3 nitrogen and oxygen atoms in total. The summed E-state index contributed by atoms with van der Waals surface area (Å²) >= 11 is 0. The van der Waals surface area contributed by atoms with Gasteiger partial charge < -0.3 is 10.4 Å². The Bertz CT molecular complexity index is 111. The summed E-state index contributed by atoms with van der Waals surface area (Å²) in [4.78, 5) is 10.4. The molecule has 3 heteroatoms. The van der Waals surface area contributed by atoms with Crippen molar-refractivity contribution in [3.8, 4) is 0 Å². The van der Waals surface area contributed by atoms with Crippen molar-refractivity contribution in [1.82, 2.24) is 5.32 Å². The van der Waals surface area contributed by atoms with Crippen LogP contribution < -0.4 is 5.32 Å². The van der Waals surface area contributed by atoms with Crippen LogP contribution in [0, 0.1) is 5.92 Å². The fraction of sp³-hybridized carbons (Fsp3) is 0.800. The topological polar surface area (TPSA) is 49.3 Å². The average Bonchev–Trinajstić information content (AvgIpc) is 1.61. The van der Waals surface area contributed by atoms with Crippen molar-refractivity contribution in [3.63, 3.8) is 0 Å². The number of hydrogen-bond acceptors (Lipinski definition) is 2. The Labute approximate surface area is 47.7 Å². The van der Waals surface area contributed by atoms with Crippen molar-refractivity contribution in [3.05, 3.63) is 0 Å². The lowest BCUT2D eigenvalue weighted by molar-refractivity contribution is -0.135. The molecule has 46 valence electrons. The van der Waals surface area contributed by atoms with Gasteiger partial charge >= 0.3 is 0 Å². The minimum atomic E-state index is -0.483. The Morgan fingerprint density at radius 2 is 2.62 bits per heavy atom. The zero-order valence-corrected chi connectivity index (χ0v) is 4.72. The highest BCUT2D eigenvalue weighted by molar-refractivity contribution is 5.84. The number of β-lactam (4-membered cyclic amide) rings is 1. The van der Waals surface area contributed by atoms with E-state index in [1.807, 2.05) is 0 Å². The van der Waals surface area contributed by atoms with E-state index >= 15 is 0 Å². The monoisotopic (exact) mass is 115 g/mol. The molecule has 1 aliphatic heterocycles. The van der Waals surface area contributed by atoms with E-state index in [-0.39, 0.29) is 11.8 Å². The summed E-state index contributed by atoms with van der Waals surface area (Å²) in [6.45, 7) is 2.26. The number of carbonyl (C=O) groups is 1. The maximum absolute atomic E-state index is 10.4. The summed E-state index contributed by atoms with van der Waals surface area (Å²) in [5.74, 6) is -0.171. The molecular weight excluding hydrogens is 106 g/mol. The molecule has 0 aromatic heterocycles. The molecule has 1 fully saturated rings. The zero-order chi connectivity index (χ0) is 6.15. The SMILES string of the molecule is C[C@H](O)[C@@H]1CNC1=O. The lowest BCUT2D eigenvalue weighted by Crippen LogP contribution is -2.53. The van der Waals surface area contributed by atoms with E-state index < -0.39 is 6.10 Å². The van der Waals surface area contributed by atoms with Crippen LogP contribution in [0.2, 0.25) is 0 Å². The van der Waals surface area contributed by atoms with Crippen LogP contribution in [0.4, 0.5) is 0 Å². The quantitative estimate of drug-likeness (QED) is 0.436. The summed E-state index contributed by atoms with van der Waals surface area (Å²) in [7, 11) is 0. The Balaban J connectivity index is 2.37. The van der Waals surface area contributed by atoms with E-state index in [0.29, 0.717) is 6.54 Å². The Kier molecular flexibility index (Phi) is 1.21. The van der Waals surface area contributed by atoms with Gasteiger partial charge in [-0.3, -0.25) is 4.79 Å². The second-order valence-electron chi connectivity index (χ2n) is 2.09. The lowest BCUT2D eigenvalue weighted by atomic mass is 9.97. The van der Waals surface area contributed by atoms with Crippen molar-refractivity contribution >= 4 is 5.91 Å². The highest BCUT2D eigenvalue weighted by Gasteiger charge is 2.31. The fourth-order valence-electron chi connectivity index (χ4n) is 0.693. The minimum Gasteiger partial charge on any atom is -0.393 e. The molecule has 0 unspecified atom stereocenters. The first-order valence-corrected chi connectivity index (χ1v) is 2.67. The number of amides is 1. The molecular formula is C5H9NO2. The number of hydrogen-bond donors (Lipinski definition) is 2. The first-order valence-electron chi connectivity index (χ1n) is 2.67. The van der Waals surface area contributed by atoms with Gasteiger partial charge in [-0.15, -0.1) is 0 Å². The fourth-order valence-corrected chi connectivity index (χ4v) is 0.693. The third-order valence-corrected chi connectivity index (χ3v) is 1.42. The van der Waals surface area contributed by atoms with Gasteiger partial charge in [0.1, 0.15) is 0 Å². The van der Waals surface area contributed by atoms with Crippen LogP contribution in [0.5, 0.6) is 0 Å². The Hall–Kier alpha value is -0.570. The number of nitrogens with one attached hydrogen (secondary N) is 1. The standard InChI is InChI=1S/C5H9NO2/c1-3(7)4-2-6-5(4)8/h3-4,7H,2H2,1H3,(H,6,8)/t3-,4-/m0/s1. The molecule has 0 aromatic rings.